The van der Waals surface area contributed by atoms with E-state index in [4.69, 9.17) is 4.74 Å². The van der Waals surface area contributed by atoms with E-state index < -0.39 is 0 Å². The first-order valence-corrected chi connectivity index (χ1v) is 6.83. The number of esters is 1. The van der Waals surface area contributed by atoms with Crippen molar-refractivity contribution in [2.75, 3.05) is 13.2 Å². The molecule has 0 amide bonds. The molecule has 3 heteroatoms. The average Bonchev–Trinajstić information content (AvgIpc) is 3.22. The van der Waals surface area contributed by atoms with Crippen molar-refractivity contribution >= 4 is 5.97 Å². The first-order chi connectivity index (χ1) is 8.84. The Morgan fingerprint density at radius 1 is 1.39 bits per heavy atom. The van der Waals surface area contributed by atoms with Gasteiger partial charge in [0.2, 0.25) is 0 Å². The van der Waals surface area contributed by atoms with Gasteiger partial charge in [-0.15, -0.1) is 0 Å². The average molecular weight is 245 g/mol. The van der Waals surface area contributed by atoms with E-state index >= 15 is 0 Å². The van der Waals surface area contributed by atoms with Crippen LogP contribution < -0.4 is 5.32 Å². The summed E-state index contributed by atoms with van der Waals surface area (Å²) in [5, 5.41) is 3.32. The summed E-state index contributed by atoms with van der Waals surface area (Å²) in [5.41, 5.74) is 3.18. The molecular formula is C15H19NO2. The molecule has 1 heterocycles. The van der Waals surface area contributed by atoms with Crippen molar-refractivity contribution < 1.29 is 9.53 Å². The maximum atomic E-state index is 12.1. The molecule has 0 saturated heterocycles. The highest BCUT2D eigenvalue weighted by molar-refractivity contribution is 5.91. The first kappa shape index (κ1) is 11.7. The van der Waals surface area contributed by atoms with Crippen LogP contribution in [-0.2, 0) is 17.7 Å². The van der Waals surface area contributed by atoms with Crippen LogP contribution in [0.1, 0.15) is 40.7 Å². The van der Waals surface area contributed by atoms with Crippen molar-refractivity contribution in [1.82, 2.24) is 5.32 Å². The van der Waals surface area contributed by atoms with Crippen molar-refractivity contribution in [1.29, 1.82) is 0 Å². The van der Waals surface area contributed by atoms with E-state index in [1.54, 1.807) is 0 Å². The molecule has 3 rings (SSSR count). The Balaban J connectivity index is 1.68. The zero-order chi connectivity index (χ0) is 12.4. The lowest BCUT2D eigenvalue weighted by Crippen LogP contribution is -2.25. The summed E-state index contributed by atoms with van der Waals surface area (Å²) in [4.78, 5) is 12.1. The van der Waals surface area contributed by atoms with Crippen LogP contribution in [-0.4, -0.2) is 19.1 Å². The summed E-state index contributed by atoms with van der Waals surface area (Å²) >= 11 is 0. The second kappa shape index (κ2) is 5.11. The topological polar surface area (TPSA) is 38.3 Å². The number of fused-ring (bicyclic) bond motifs is 1. The fraction of sp³-hybridized carbons (Fsp3) is 0.533. The molecule has 2 aliphatic rings. The van der Waals surface area contributed by atoms with Gasteiger partial charge >= 0.3 is 5.97 Å². The van der Waals surface area contributed by atoms with Crippen LogP contribution in [0, 0.1) is 5.92 Å². The maximum Gasteiger partial charge on any atom is 0.338 e. The van der Waals surface area contributed by atoms with Crippen LogP contribution in [0.5, 0.6) is 0 Å². The van der Waals surface area contributed by atoms with Crippen LogP contribution in [0.15, 0.2) is 18.2 Å². The van der Waals surface area contributed by atoms with Crippen molar-refractivity contribution in [3.63, 3.8) is 0 Å². The summed E-state index contributed by atoms with van der Waals surface area (Å²) in [6, 6.07) is 5.93. The molecular weight excluding hydrogens is 226 g/mol. The van der Waals surface area contributed by atoms with Crippen LogP contribution in [0.2, 0.25) is 0 Å². The molecule has 1 aliphatic heterocycles. The molecule has 18 heavy (non-hydrogen) atoms. The van der Waals surface area contributed by atoms with Crippen LogP contribution in [0.25, 0.3) is 0 Å². The predicted molar refractivity (Wildman–Crippen MR) is 69.5 cm³/mol. The van der Waals surface area contributed by atoms with E-state index in [0.29, 0.717) is 6.61 Å². The van der Waals surface area contributed by atoms with Crippen LogP contribution in [0.4, 0.5) is 0 Å². The monoisotopic (exact) mass is 245 g/mol. The van der Waals surface area contributed by atoms with E-state index in [0.717, 1.165) is 37.4 Å². The Bertz CT molecular complexity index is 452. The lowest BCUT2D eigenvalue weighted by Gasteiger charge is -2.19. The van der Waals surface area contributed by atoms with Gasteiger partial charge in [-0.3, -0.25) is 0 Å². The molecule has 1 fully saturated rings. The van der Waals surface area contributed by atoms with E-state index in [9.17, 15) is 4.79 Å². The second-order valence-corrected chi connectivity index (χ2v) is 5.24. The molecule has 0 bridgehead atoms. The van der Waals surface area contributed by atoms with Crippen molar-refractivity contribution in [2.45, 2.75) is 32.2 Å². The molecule has 96 valence electrons. The van der Waals surface area contributed by atoms with Gasteiger partial charge in [0.15, 0.2) is 0 Å². The molecule has 1 aromatic carbocycles. The van der Waals surface area contributed by atoms with Gasteiger partial charge in [-0.2, -0.15) is 0 Å². The van der Waals surface area contributed by atoms with Gasteiger partial charge in [0.05, 0.1) is 12.2 Å². The Kier molecular flexibility index (Phi) is 3.33. The third kappa shape index (κ3) is 2.56. The molecule has 3 nitrogen and oxygen atoms in total. The summed E-state index contributed by atoms with van der Waals surface area (Å²) in [6.45, 7) is 2.38. The van der Waals surface area contributed by atoms with Gasteiger partial charge in [-0.05, 0) is 42.5 Å². The summed E-state index contributed by atoms with van der Waals surface area (Å²) in [7, 11) is 0. The number of carbonyl (C=O) groups is 1. The Hall–Kier alpha value is -1.35. The number of ether oxygens (including phenoxy) is 1. The van der Waals surface area contributed by atoms with Gasteiger partial charge in [0.25, 0.3) is 0 Å². The quantitative estimate of drug-likeness (QED) is 0.827. The minimum Gasteiger partial charge on any atom is -0.462 e. The second-order valence-electron chi connectivity index (χ2n) is 5.24. The minimum atomic E-state index is -0.144. The molecule has 0 atom stereocenters. The largest absolute Gasteiger partial charge is 0.462 e. The highest BCUT2D eigenvalue weighted by Gasteiger charge is 2.22. The molecule has 1 aromatic rings. The van der Waals surface area contributed by atoms with Gasteiger partial charge < -0.3 is 10.1 Å². The smallest absolute Gasteiger partial charge is 0.338 e. The van der Waals surface area contributed by atoms with Crippen LogP contribution in [0.3, 0.4) is 0 Å². The molecule has 0 spiro atoms. The van der Waals surface area contributed by atoms with E-state index in [2.05, 4.69) is 11.4 Å². The molecule has 0 unspecified atom stereocenters. The van der Waals surface area contributed by atoms with E-state index in [1.165, 1.54) is 24.0 Å². The number of nitrogens with one attached hydrogen (secondary N) is 1. The van der Waals surface area contributed by atoms with Gasteiger partial charge in [-0.1, -0.05) is 25.0 Å². The number of hydrogen-bond acceptors (Lipinski definition) is 3. The zero-order valence-electron chi connectivity index (χ0n) is 10.6. The molecule has 0 aromatic heterocycles. The number of carbonyl (C=O) groups excluding carboxylic acids is 1. The Morgan fingerprint density at radius 3 is 3.11 bits per heavy atom. The summed E-state index contributed by atoms with van der Waals surface area (Å²) in [5.74, 6) is 0.668. The fourth-order valence-corrected chi connectivity index (χ4v) is 2.53. The third-order valence-electron chi connectivity index (χ3n) is 3.82. The van der Waals surface area contributed by atoms with E-state index in [-0.39, 0.29) is 5.97 Å². The van der Waals surface area contributed by atoms with Gasteiger partial charge in [-0.25, -0.2) is 4.79 Å². The molecule has 1 aliphatic carbocycles. The predicted octanol–water partition coefficient (Wildman–Crippen LogP) is 2.29. The highest BCUT2D eigenvalue weighted by Crippen LogP contribution is 2.32. The summed E-state index contributed by atoms with van der Waals surface area (Å²) in [6.07, 6.45) is 4.57. The number of hydrogen-bond donors (Lipinski definition) is 1. The normalized spacial score (nSPS) is 18.2. The SMILES string of the molecule is O=C(OCCC1CC1)c1cccc2c1CCNC2. The van der Waals surface area contributed by atoms with Crippen LogP contribution >= 0.6 is 0 Å². The summed E-state index contributed by atoms with van der Waals surface area (Å²) < 4.78 is 5.39. The molecule has 1 saturated carbocycles. The lowest BCUT2D eigenvalue weighted by atomic mass is 9.95. The standard InChI is InChI=1S/C15H19NO2/c17-15(18-9-7-11-4-5-11)14-3-1-2-12-10-16-8-6-13(12)14/h1-3,11,16H,4-10H2. The van der Waals surface area contributed by atoms with Gasteiger partial charge in [0, 0.05) is 6.54 Å². The molecule has 0 radical (unpaired) electrons. The Labute approximate surface area is 108 Å². The lowest BCUT2D eigenvalue weighted by molar-refractivity contribution is 0.0493. The van der Waals surface area contributed by atoms with Crippen molar-refractivity contribution in [3.05, 3.63) is 34.9 Å². The first-order valence-electron chi connectivity index (χ1n) is 6.83. The third-order valence-corrected chi connectivity index (χ3v) is 3.82. The highest BCUT2D eigenvalue weighted by atomic mass is 16.5. The maximum absolute atomic E-state index is 12.1. The van der Waals surface area contributed by atoms with Gasteiger partial charge in [0.1, 0.15) is 0 Å². The number of rotatable bonds is 4. The zero-order valence-corrected chi connectivity index (χ0v) is 10.6. The molecule has 1 N–H and O–H groups in total. The minimum absolute atomic E-state index is 0.144. The van der Waals surface area contributed by atoms with Crippen molar-refractivity contribution in [3.8, 4) is 0 Å². The number of benzene rings is 1. The van der Waals surface area contributed by atoms with E-state index in [1.807, 2.05) is 12.1 Å². The fourth-order valence-electron chi connectivity index (χ4n) is 2.53. The van der Waals surface area contributed by atoms with Crippen molar-refractivity contribution in [2.24, 2.45) is 5.92 Å². The Morgan fingerprint density at radius 2 is 2.28 bits per heavy atom.